The largest absolute Gasteiger partial charge is 0.366 e. The molecular weight excluding hydrogens is 288 g/mol. The molecule has 3 N–H and O–H groups in total. The van der Waals surface area contributed by atoms with Crippen LogP contribution in [0.4, 0.5) is 0 Å². The van der Waals surface area contributed by atoms with Crippen molar-refractivity contribution >= 4 is 11.8 Å². The Morgan fingerprint density at radius 1 is 1.04 bits per heavy atom. The Morgan fingerprint density at radius 2 is 1.70 bits per heavy atom. The second-order valence-electron chi connectivity index (χ2n) is 7.74. The maximum atomic E-state index is 12.7. The fourth-order valence-electron chi connectivity index (χ4n) is 5.49. The third-order valence-electron chi connectivity index (χ3n) is 6.21. The van der Waals surface area contributed by atoms with E-state index in [1.165, 1.54) is 32.1 Å². The first-order valence-electron chi connectivity index (χ1n) is 8.76. The van der Waals surface area contributed by atoms with Crippen LogP contribution >= 0.6 is 0 Å². The van der Waals surface area contributed by atoms with E-state index >= 15 is 0 Å². The molecule has 0 saturated heterocycles. The highest BCUT2D eigenvalue weighted by atomic mass is 16.2. The topological polar surface area (TPSA) is 72.2 Å². The monoisotopic (exact) mass is 312 g/mol. The highest BCUT2D eigenvalue weighted by Gasteiger charge is 2.50. The molecule has 2 amide bonds. The zero-order valence-electron chi connectivity index (χ0n) is 13.3. The van der Waals surface area contributed by atoms with E-state index in [2.05, 4.69) is 5.32 Å². The summed E-state index contributed by atoms with van der Waals surface area (Å²) < 4.78 is 0. The van der Waals surface area contributed by atoms with Gasteiger partial charge in [0.25, 0.3) is 0 Å². The summed E-state index contributed by atoms with van der Waals surface area (Å²) in [6, 6.07) is 7.19. The normalized spacial score (nSPS) is 34.3. The van der Waals surface area contributed by atoms with E-state index in [4.69, 9.17) is 5.73 Å². The van der Waals surface area contributed by atoms with Crippen LogP contribution in [0.15, 0.2) is 24.3 Å². The van der Waals surface area contributed by atoms with Crippen LogP contribution in [-0.4, -0.2) is 11.8 Å². The van der Waals surface area contributed by atoms with Gasteiger partial charge < -0.3 is 11.1 Å². The van der Waals surface area contributed by atoms with Gasteiger partial charge in [0.2, 0.25) is 11.8 Å². The Hall–Kier alpha value is -1.84. The molecule has 0 aliphatic heterocycles. The van der Waals surface area contributed by atoms with Gasteiger partial charge in [0.05, 0.1) is 0 Å². The maximum absolute atomic E-state index is 12.7. The summed E-state index contributed by atoms with van der Waals surface area (Å²) >= 11 is 0. The number of hydrogen-bond donors (Lipinski definition) is 2. The number of nitrogens with one attached hydrogen (secondary N) is 1. The molecule has 0 radical (unpaired) electrons. The van der Waals surface area contributed by atoms with E-state index in [0.717, 1.165) is 17.4 Å². The first-order chi connectivity index (χ1) is 11.1. The standard InChI is InChI=1S/C19H24N2O2/c20-18(22)14-3-1-2-11(5-14)10-21-19(23)17-15-6-12-4-13(8-15)9-16(17)7-12/h1-3,5,12-13,15-17H,4,6-10H2,(H2,20,22)(H,21,23). The molecule has 4 fully saturated rings. The second-order valence-corrected chi connectivity index (χ2v) is 7.74. The van der Waals surface area contributed by atoms with Crippen LogP contribution in [0.5, 0.6) is 0 Å². The highest BCUT2D eigenvalue weighted by Crippen LogP contribution is 2.56. The molecule has 4 heteroatoms. The fourth-order valence-corrected chi connectivity index (χ4v) is 5.49. The van der Waals surface area contributed by atoms with Crippen LogP contribution in [0.3, 0.4) is 0 Å². The predicted molar refractivity (Wildman–Crippen MR) is 87.3 cm³/mol. The Bertz CT molecular complexity index is 612. The van der Waals surface area contributed by atoms with Gasteiger partial charge >= 0.3 is 0 Å². The van der Waals surface area contributed by atoms with Crippen molar-refractivity contribution in [3.05, 3.63) is 35.4 Å². The number of hydrogen-bond acceptors (Lipinski definition) is 2. The van der Waals surface area contributed by atoms with Crippen LogP contribution in [0.1, 0.15) is 48.0 Å². The zero-order valence-corrected chi connectivity index (χ0v) is 13.3. The van der Waals surface area contributed by atoms with Crippen LogP contribution in [0.25, 0.3) is 0 Å². The number of nitrogens with two attached hydrogens (primary N) is 1. The number of rotatable bonds is 4. The Morgan fingerprint density at radius 3 is 2.30 bits per heavy atom. The van der Waals surface area contributed by atoms with Gasteiger partial charge in [-0.2, -0.15) is 0 Å². The zero-order chi connectivity index (χ0) is 16.0. The number of carbonyl (C=O) groups excluding carboxylic acids is 2. The van der Waals surface area contributed by atoms with Gasteiger partial charge in [0.15, 0.2) is 0 Å². The lowest BCUT2D eigenvalue weighted by atomic mass is 9.51. The number of amides is 2. The first-order valence-corrected chi connectivity index (χ1v) is 8.76. The number of primary amides is 1. The smallest absolute Gasteiger partial charge is 0.248 e. The van der Waals surface area contributed by atoms with Gasteiger partial charge in [-0.05, 0) is 73.5 Å². The molecule has 23 heavy (non-hydrogen) atoms. The quantitative estimate of drug-likeness (QED) is 0.896. The molecule has 5 rings (SSSR count). The van der Waals surface area contributed by atoms with Gasteiger partial charge in [-0.1, -0.05) is 12.1 Å². The summed E-state index contributed by atoms with van der Waals surface area (Å²) in [6.45, 7) is 0.475. The molecule has 4 aliphatic rings. The molecule has 4 aliphatic carbocycles. The molecule has 1 aromatic carbocycles. The lowest BCUT2D eigenvalue weighted by Gasteiger charge is -2.53. The molecule has 0 spiro atoms. The highest BCUT2D eigenvalue weighted by molar-refractivity contribution is 5.92. The van der Waals surface area contributed by atoms with Crippen molar-refractivity contribution < 1.29 is 9.59 Å². The van der Waals surface area contributed by atoms with Gasteiger partial charge in [-0.3, -0.25) is 9.59 Å². The van der Waals surface area contributed by atoms with Crippen LogP contribution < -0.4 is 11.1 Å². The average molecular weight is 312 g/mol. The van der Waals surface area contributed by atoms with Crippen molar-refractivity contribution in [3.63, 3.8) is 0 Å². The van der Waals surface area contributed by atoms with Crippen molar-refractivity contribution in [3.8, 4) is 0 Å². The van der Waals surface area contributed by atoms with Crippen molar-refractivity contribution in [2.75, 3.05) is 0 Å². The Kier molecular flexibility index (Phi) is 3.63. The lowest BCUT2D eigenvalue weighted by molar-refractivity contribution is -0.138. The summed E-state index contributed by atoms with van der Waals surface area (Å²) in [7, 11) is 0. The van der Waals surface area contributed by atoms with E-state index in [1.807, 2.05) is 12.1 Å². The second kappa shape index (κ2) is 5.66. The molecule has 4 nitrogen and oxygen atoms in total. The minimum absolute atomic E-state index is 0.210. The van der Waals surface area contributed by atoms with Gasteiger partial charge in [-0.25, -0.2) is 0 Å². The molecule has 0 aromatic heterocycles. The summed E-state index contributed by atoms with van der Waals surface area (Å²) in [5.41, 5.74) is 6.73. The van der Waals surface area contributed by atoms with Crippen molar-refractivity contribution in [2.45, 2.75) is 38.6 Å². The molecule has 0 unspecified atom stereocenters. The van der Waals surface area contributed by atoms with E-state index in [1.54, 1.807) is 12.1 Å². The van der Waals surface area contributed by atoms with Gasteiger partial charge in [0.1, 0.15) is 0 Å². The minimum Gasteiger partial charge on any atom is -0.366 e. The summed E-state index contributed by atoms with van der Waals surface area (Å²) in [5.74, 6) is 2.96. The van der Waals surface area contributed by atoms with E-state index in [0.29, 0.717) is 23.9 Å². The molecule has 122 valence electrons. The molecule has 4 bridgehead atoms. The molecule has 4 saturated carbocycles. The molecule has 1 aromatic rings. The Balaban J connectivity index is 1.41. The van der Waals surface area contributed by atoms with Crippen molar-refractivity contribution in [1.29, 1.82) is 0 Å². The van der Waals surface area contributed by atoms with Crippen LogP contribution in [-0.2, 0) is 11.3 Å². The third-order valence-corrected chi connectivity index (χ3v) is 6.21. The fraction of sp³-hybridized carbons (Fsp3) is 0.579. The van der Waals surface area contributed by atoms with Crippen LogP contribution in [0.2, 0.25) is 0 Å². The molecular formula is C19H24N2O2. The van der Waals surface area contributed by atoms with Crippen LogP contribution in [0, 0.1) is 29.6 Å². The van der Waals surface area contributed by atoms with Crippen molar-refractivity contribution in [2.24, 2.45) is 35.3 Å². The predicted octanol–water partition coefficient (Wildman–Crippen LogP) is 2.47. The molecule has 0 heterocycles. The van der Waals surface area contributed by atoms with E-state index in [-0.39, 0.29) is 11.8 Å². The Labute approximate surface area is 136 Å². The average Bonchev–Trinajstić information content (AvgIpc) is 2.52. The number of benzene rings is 1. The summed E-state index contributed by atoms with van der Waals surface area (Å²) in [5, 5.41) is 3.10. The summed E-state index contributed by atoms with van der Waals surface area (Å²) in [6.07, 6.45) is 6.41. The number of carbonyl (C=O) groups is 2. The third kappa shape index (κ3) is 2.75. The van der Waals surface area contributed by atoms with E-state index in [9.17, 15) is 9.59 Å². The van der Waals surface area contributed by atoms with Crippen molar-refractivity contribution in [1.82, 2.24) is 5.32 Å². The first kappa shape index (κ1) is 14.7. The minimum atomic E-state index is -0.431. The SMILES string of the molecule is NC(=O)c1cccc(CNC(=O)C2C3CC4CC(C3)CC2C4)c1. The maximum Gasteiger partial charge on any atom is 0.248 e. The van der Waals surface area contributed by atoms with Gasteiger partial charge in [-0.15, -0.1) is 0 Å². The molecule has 0 atom stereocenters. The lowest BCUT2D eigenvalue weighted by Crippen LogP contribution is -2.50. The van der Waals surface area contributed by atoms with E-state index < -0.39 is 5.91 Å². The van der Waals surface area contributed by atoms with Gasteiger partial charge in [0, 0.05) is 18.0 Å². The summed E-state index contributed by atoms with van der Waals surface area (Å²) in [4.78, 5) is 24.0.